The molecule has 2 rings (SSSR count). The highest BCUT2D eigenvalue weighted by Gasteiger charge is 2.26. The molecule has 0 aliphatic carbocycles. The number of hydrogen-bond donors (Lipinski definition) is 1. The number of benzene rings is 2. The Labute approximate surface area is 178 Å². The number of likely N-dealkylation sites (N-methyl/N-ethyl adjacent to an activating group) is 1. The van der Waals surface area contributed by atoms with Crippen LogP contribution in [0.2, 0.25) is 5.02 Å². The molecule has 0 unspecified atom stereocenters. The van der Waals surface area contributed by atoms with Gasteiger partial charge in [0.15, 0.2) is 6.61 Å². The molecule has 0 aliphatic heterocycles. The van der Waals surface area contributed by atoms with E-state index >= 15 is 0 Å². The summed E-state index contributed by atoms with van der Waals surface area (Å²) < 4.78 is 6.68. The highest BCUT2D eigenvalue weighted by Crippen LogP contribution is 2.16. The van der Waals surface area contributed by atoms with Crippen molar-refractivity contribution in [3.63, 3.8) is 0 Å². The Balaban J connectivity index is 2.12. The standard InChI is InChI=1S/C20H22ClIN2O3/c1-3-23-20(26)14(2)24(12-15-5-4-6-16(21)11-15)19(25)13-27-18-9-7-17(22)8-10-18/h4-11,14H,3,12-13H2,1-2H3,(H,23,26)/t14-/m0/s1. The van der Waals surface area contributed by atoms with Gasteiger partial charge in [-0.25, -0.2) is 0 Å². The molecule has 0 saturated heterocycles. The van der Waals surface area contributed by atoms with E-state index in [9.17, 15) is 9.59 Å². The second-order valence-corrected chi connectivity index (χ2v) is 7.65. The van der Waals surface area contributed by atoms with Crippen LogP contribution in [0.4, 0.5) is 0 Å². The highest BCUT2D eigenvalue weighted by atomic mass is 127. The molecule has 0 aromatic heterocycles. The Kier molecular flexibility index (Phi) is 8.37. The number of ether oxygens (including phenoxy) is 1. The molecule has 0 spiro atoms. The predicted octanol–water partition coefficient (Wildman–Crippen LogP) is 3.88. The maximum atomic E-state index is 12.8. The van der Waals surface area contributed by atoms with Crippen LogP contribution < -0.4 is 10.1 Å². The SMILES string of the molecule is CCNC(=O)[C@H](C)N(Cc1cccc(Cl)c1)C(=O)COc1ccc(I)cc1. The summed E-state index contributed by atoms with van der Waals surface area (Å²) in [4.78, 5) is 26.6. The predicted molar refractivity (Wildman–Crippen MR) is 115 cm³/mol. The van der Waals surface area contributed by atoms with Crippen molar-refractivity contribution >= 4 is 46.0 Å². The fourth-order valence-corrected chi connectivity index (χ4v) is 3.07. The quantitative estimate of drug-likeness (QED) is 0.560. The van der Waals surface area contributed by atoms with Gasteiger partial charge in [0.25, 0.3) is 5.91 Å². The Morgan fingerprint density at radius 1 is 1.22 bits per heavy atom. The van der Waals surface area contributed by atoms with E-state index < -0.39 is 6.04 Å². The lowest BCUT2D eigenvalue weighted by Crippen LogP contribution is -2.49. The molecule has 2 aromatic rings. The van der Waals surface area contributed by atoms with E-state index in [-0.39, 0.29) is 25.0 Å². The van der Waals surface area contributed by atoms with Gasteiger partial charge >= 0.3 is 0 Å². The Bertz CT molecular complexity index is 783. The Morgan fingerprint density at radius 3 is 2.56 bits per heavy atom. The minimum Gasteiger partial charge on any atom is -0.484 e. The largest absolute Gasteiger partial charge is 0.484 e. The number of nitrogens with one attached hydrogen (secondary N) is 1. The summed E-state index contributed by atoms with van der Waals surface area (Å²) in [5, 5.41) is 3.34. The second kappa shape index (κ2) is 10.5. The monoisotopic (exact) mass is 500 g/mol. The highest BCUT2D eigenvalue weighted by molar-refractivity contribution is 14.1. The third-order valence-corrected chi connectivity index (χ3v) is 4.89. The van der Waals surface area contributed by atoms with Crippen molar-refractivity contribution in [2.24, 2.45) is 0 Å². The van der Waals surface area contributed by atoms with Crippen LogP contribution in [0.25, 0.3) is 0 Å². The molecular formula is C20H22ClIN2O3. The van der Waals surface area contributed by atoms with Crippen LogP contribution in [-0.4, -0.2) is 35.9 Å². The summed E-state index contributed by atoms with van der Waals surface area (Å²) in [6.45, 7) is 4.17. The molecule has 2 amide bonds. The number of hydrogen-bond acceptors (Lipinski definition) is 3. The third-order valence-electron chi connectivity index (χ3n) is 3.94. The first-order valence-corrected chi connectivity index (χ1v) is 10.1. The first-order chi connectivity index (χ1) is 12.9. The van der Waals surface area contributed by atoms with Gasteiger partial charge in [-0.05, 0) is 78.4 Å². The van der Waals surface area contributed by atoms with E-state index in [1.807, 2.05) is 43.3 Å². The topological polar surface area (TPSA) is 58.6 Å². The molecule has 1 atom stereocenters. The van der Waals surface area contributed by atoms with Gasteiger partial charge in [0.05, 0.1) is 0 Å². The molecule has 0 fully saturated rings. The summed E-state index contributed by atoms with van der Waals surface area (Å²) in [5.74, 6) is 0.131. The van der Waals surface area contributed by atoms with Crippen LogP contribution in [0.1, 0.15) is 19.4 Å². The van der Waals surface area contributed by atoms with Gasteiger partial charge in [0.1, 0.15) is 11.8 Å². The average molecular weight is 501 g/mol. The van der Waals surface area contributed by atoms with Crippen LogP contribution in [0, 0.1) is 3.57 Å². The number of amides is 2. The number of carbonyl (C=O) groups is 2. The zero-order valence-electron chi connectivity index (χ0n) is 15.2. The second-order valence-electron chi connectivity index (χ2n) is 5.96. The molecule has 0 aliphatic rings. The average Bonchev–Trinajstić information content (AvgIpc) is 2.65. The number of carbonyl (C=O) groups excluding carboxylic acids is 2. The van der Waals surface area contributed by atoms with Crippen LogP contribution in [0.3, 0.4) is 0 Å². The maximum Gasteiger partial charge on any atom is 0.261 e. The van der Waals surface area contributed by atoms with Gasteiger partial charge in [0, 0.05) is 21.7 Å². The number of nitrogens with zero attached hydrogens (tertiary/aromatic N) is 1. The minimum atomic E-state index is -0.628. The molecule has 27 heavy (non-hydrogen) atoms. The molecule has 0 saturated carbocycles. The fraction of sp³-hybridized carbons (Fsp3) is 0.300. The number of rotatable bonds is 8. The summed E-state index contributed by atoms with van der Waals surface area (Å²) in [7, 11) is 0. The van der Waals surface area contributed by atoms with Crippen molar-refractivity contribution in [3.8, 4) is 5.75 Å². The first kappa shape index (κ1) is 21.5. The minimum absolute atomic E-state index is 0.148. The van der Waals surface area contributed by atoms with Gasteiger partial charge in [-0.15, -0.1) is 0 Å². The molecule has 7 heteroatoms. The van der Waals surface area contributed by atoms with Gasteiger partial charge in [-0.2, -0.15) is 0 Å². The van der Waals surface area contributed by atoms with Crippen molar-refractivity contribution in [2.75, 3.05) is 13.2 Å². The maximum absolute atomic E-state index is 12.8. The van der Waals surface area contributed by atoms with Crippen LogP contribution in [0.15, 0.2) is 48.5 Å². The fourth-order valence-electron chi connectivity index (χ4n) is 2.50. The van der Waals surface area contributed by atoms with Gasteiger partial charge in [0.2, 0.25) is 5.91 Å². The summed E-state index contributed by atoms with van der Waals surface area (Å²) in [6, 6.07) is 14.0. The smallest absolute Gasteiger partial charge is 0.261 e. The zero-order chi connectivity index (χ0) is 19.8. The lowest BCUT2D eigenvalue weighted by Gasteiger charge is -2.28. The van der Waals surface area contributed by atoms with Crippen molar-refractivity contribution in [3.05, 3.63) is 62.7 Å². The Hall–Kier alpha value is -1.80. The van der Waals surface area contributed by atoms with E-state index in [0.29, 0.717) is 17.3 Å². The first-order valence-electron chi connectivity index (χ1n) is 8.60. The molecule has 0 heterocycles. The van der Waals surface area contributed by atoms with Crippen LogP contribution in [0.5, 0.6) is 5.75 Å². The van der Waals surface area contributed by atoms with Crippen molar-refractivity contribution < 1.29 is 14.3 Å². The third kappa shape index (κ3) is 6.70. The molecule has 2 aromatic carbocycles. The van der Waals surface area contributed by atoms with Crippen molar-refractivity contribution in [1.82, 2.24) is 10.2 Å². The molecule has 1 N–H and O–H groups in total. The molecule has 144 valence electrons. The normalized spacial score (nSPS) is 11.6. The summed E-state index contributed by atoms with van der Waals surface area (Å²) >= 11 is 8.25. The lowest BCUT2D eigenvalue weighted by atomic mass is 10.1. The molecule has 0 radical (unpaired) electrons. The van der Waals surface area contributed by atoms with E-state index in [4.69, 9.17) is 16.3 Å². The van der Waals surface area contributed by atoms with E-state index in [1.165, 1.54) is 4.90 Å². The van der Waals surface area contributed by atoms with Gasteiger partial charge < -0.3 is 15.0 Å². The van der Waals surface area contributed by atoms with E-state index in [2.05, 4.69) is 27.9 Å². The zero-order valence-corrected chi connectivity index (χ0v) is 18.2. The lowest BCUT2D eigenvalue weighted by molar-refractivity contribution is -0.142. The molecular weight excluding hydrogens is 479 g/mol. The van der Waals surface area contributed by atoms with Gasteiger partial charge in [-0.1, -0.05) is 23.7 Å². The van der Waals surface area contributed by atoms with Gasteiger partial charge in [-0.3, -0.25) is 9.59 Å². The van der Waals surface area contributed by atoms with Crippen molar-refractivity contribution in [1.29, 1.82) is 0 Å². The van der Waals surface area contributed by atoms with E-state index in [0.717, 1.165) is 9.13 Å². The van der Waals surface area contributed by atoms with Crippen molar-refractivity contribution in [2.45, 2.75) is 26.4 Å². The molecule has 0 bridgehead atoms. The van der Waals surface area contributed by atoms with Crippen LogP contribution in [-0.2, 0) is 16.1 Å². The molecule has 5 nitrogen and oxygen atoms in total. The van der Waals surface area contributed by atoms with E-state index in [1.54, 1.807) is 19.1 Å². The van der Waals surface area contributed by atoms with Crippen LogP contribution >= 0.6 is 34.2 Å². The Morgan fingerprint density at radius 2 is 1.93 bits per heavy atom. The summed E-state index contributed by atoms with van der Waals surface area (Å²) in [5.41, 5.74) is 0.848. The number of halogens is 2. The summed E-state index contributed by atoms with van der Waals surface area (Å²) in [6.07, 6.45) is 0.